The molecule has 2 fully saturated rings. The molecule has 1 unspecified atom stereocenters. The van der Waals surface area contributed by atoms with Gasteiger partial charge >= 0.3 is 0 Å². The first-order chi connectivity index (χ1) is 5.85. The number of thioether (sulfide) groups is 1. The van der Waals surface area contributed by atoms with Gasteiger partial charge in [0.15, 0.2) is 0 Å². The molecule has 0 bridgehead atoms. The molecule has 1 heterocycles. The largest absolute Gasteiger partial charge is 0.296 e. The highest BCUT2D eigenvalue weighted by Gasteiger charge is 2.37. The lowest BCUT2D eigenvalue weighted by molar-refractivity contribution is 0.411. The van der Waals surface area contributed by atoms with Gasteiger partial charge in [-0.25, -0.2) is 0 Å². The molecule has 1 atom stereocenters. The van der Waals surface area contributed by atoms with Crippen molar-refractivity contribution >= 4 is 11.8 Å². The molecule has 1 N–H and O–H groups in total. The summed E-state index contributed by atoms with van der Waals surface area (Å²) < 4.78 is 0. The topological polar surface area (TPSA) is 35.8 Å². The SMILES string of the molecule is N#CC1(NC2CC2)CCCSC1. The fourth-order valence-corrected chi connectivity index (χ4v) is 2.78. The van der Waals surface area contributed by atoms with Crippen molar-refractivity contribution in [3.05, 3.63) is 0 Å². The van der Waals surface area contributed by atoms with Crippen LogP contribution in [0.4, 0.5) is 0 Å². The molecule has 1 saturated carbocycles. The maximum atomic E-state index is 9.09. The molecule has 1 aliphatic heterocycles. The first-order valence-corrected chi connectivity index (χ1v) is 5.77. The summed E-state index contributed by atoms with van der Waals surface area (Å²) in [7, 11) is 0. The third-order valence-electron chi connectivity index (χ3n) is 2.51. The van der Waals surface area contributed by atoms with E-state index in [1.165, 1.54) is 25.0 Å². The molecule has 2 nitrogen and oxygen atoms in total. The van der Waals surface area contributed by atoms with Gasteiger partial charge in [-0.2, -0.15) is 17.0 Å². The Morgan fingerprint density at radius 2 is 2.33 bits per heavy atom. The van der Waals surface area contributed by atoms with E-state index >= 15 is 0 Å². The summed E-state index contributed by atoms with van der Waals surface area (Å²) in [5.41, 5.74) is -0.177. The van der Waals surface area contributed by atoms with E-state index < -0.39 is 0 Å². The van der Waals surface area contributed by atoms with Crippen LogP contribution in [0.15, 0.2) is 0 Å². The van der Waals surface area contributed by atoms with E-state index in [-0.39, 0.29) is 5.54 Å². The summed E-state index contributed by atoms with van der Waals surface area (Å²) in [6, 6.07) is 3.11. The lowest BCUT2D eigenvalue weighted by atomic mass is 9.97. The lowest BCUT2D eigenvalue weighted by Crippen LogP contribution is -2.49. The van der Waals surface area contributed by atoms with Gasteiger partial charge in [-0.15, -0.1) is 0 Å². The molecule has 2 aliphatic rings. The minimum atomic E-state index is -0.177. The van der Waals surface area contributed by atoms with Crippen LogP contribution >= 0.6 is 11.8 Å². The molecule has 3 heteroatoms. The summed E-state index contributed by atoms with van der Waals surface area (Å²) >= 11 is 1.91. The quantitative estimate of drug-likeness (QED) is 0.703. The molecular formula is C9H14N2S. The smallest absolute Gasteiger partial charge is 0.116 e. The molecule has 0 aromatic heterocycles. The average Bonchev–Trinajstić information content (AvgIpc) is 2.90. The van der Waals surface area contributed by atoms with Crippen LogP contribution < -0.4 is 5.32 Å². The summed E-state index contributed by atoms with van der Waals surface area (Å²) in [6.45, 7) is 0. The van der Waals surface area contributed by atoms with Crippen molar-refractivity contribution in [3.8, 4) is 6.07 Å². The Bertz CT molecular complexity index is 199. The summed E-state index contributed by atoms with van der Waals surface area (Å²) in [6.07, 6.45) is 4.78. The van der Waals surface area contributed by atoms with E-state index in [9.17, 15) is 0 Å². The summed E-state index contributed by atoms with van der Waals surface area (Å²) in [5, 5.41) is 12.6. The number of nitrogens with one attached hydrogen (secondary N) is 1. The Kier molecular flexibility index (Phi) is 2.29. The van der Waals surface area contributed by atoms with Gasteiger partial charge in [0, 0.05) is 11.8 Å². The van der Waals surface area contributed by atoms with Crippen molar-refractivity contribution in [2.24, 2.45) is 0 Å². The zero-order valence-corrected chi connectivity index (χ0v) is 7.99. The number of nitriles is 1. The molecule has 12 heavy (non-hydrogen) atoms. The van der Waals surface area contributed by atoms with Crippen molar-refractivity contribution < 1.29 is 0 Å². The van der Waals surface area contributed by atoms with Crippen LogP contribution in [0.3, 0.4) is 0 Å². The van der Waals surface area contributed by atoms with Gasteiger partial charge in [-0.1, -0.05) is 0 Å². The molecule has 1 saturated heterocycles. The van der Waals surface area contributed by atoms with Crippen molar-refractivity contribution in [1.29, 1.82) is 5.26 Å². The third kappa shape index (κ3) is 1.75. The second-order valence-corrected chi connectivity index (χ2v) is 4.87. The molecule has 66 valence electrons. The number of nitrogens with zero attached hydrogens (tertiary/aromatic N) is 1. The highest BCUT2D eigenvalue weighted by atomic mass is 32.2. The predicted octanol–water partition coefficient (Wildman–Crippen LogP) is 1.53. The van der Waals surface area contributed by atoms with Gasteiger partial charge in [-0.3, -0.25) is 5.32 Å². The van der Waals surface area contributed by atoms with Crippen molar-refractivity contribution in [2.45, 2.75) is 37.3 Å². The maximum absolute atomic E-state index is 9.09. The predicted molar refractivity (Wildman–Crippen MR) is 51.1 cm³/mol. The van der Waals surface area contributed by atoms with Gasteiger partial charge in [0.05, 0.1) is 6.07 Å². The number of rotatable bonds is 2. The highest BCUT2D eigenvalue weighted by Crippen LogP contribution is 2.30. The molecule has 1 aliphatic carbocycles. The molecule has 0 amide bonds. The standard InChI is InChI=1S/C9H14N2S/c10-6-9(11-8-2-3-8)4-1-5-12-7-9/h8,11H,1-5,7H2. The Labute approximate surface area is 77.7 Å². The van der Waals surface area contributed by atoms with Gasteiger partial charge in [0.25, 0.3) is 0 Å². The normalized spacial score (nSPS) is 35.9. The van der Waals surface area contributed by atoms with E-state index in [0.29, 0.717) is 6.04 Å². The Hall–Kier alpha value is -0.200. The molecule has 0 radical (unpaired) electrons. The van der Waals surface area contributed by atoms with E-state index in [2.05, 4.69) is 11.4 Å². The monoisotopic (exact) mass is 182 g/mol. The fourth-order valence-electron chi connectivity index (χ4n) is 1.65. The number of hydrogen-bond acceptors (Lipinski definition) is 3. The third-order valence-corrected chi connectivity index (χ3v) is 3.79. The average molecular weight is 182 g/mol. The van der Waals surface area contributed by atoms with Gasteiger partial charge in [0.1, 0.15) is 5.54 Å². The molecule has 0 aromatic carbocycles. The molecule has 0 aromatic rings. The zero-order chi connectivity index (χ0) is 8.44. The first-order valence-electron chi connectivity index (χ1n) is 4.61. The highest BCUT2D eigenvalue weighted by molar-refractivity contribution is 7.99. The lowest BCUT2D eigenvalue weighted by Gasteiger charge is -2.31. The van der Waals surface area contributed by atoms with Crippen LogP contribution in [0, 0.1) is 11.3 Å². The molecular weight excluding hydrogens is 168 g/mol. The van der Waals surface area contributed by atoms with E-state index in [1.807, 2.05) is 11.8 Å². The van der Waals surface area contributed by atoms with Crippen LogP contribution in [0.2, 0.25) is 0 Å². The Balaban J connectivity index is 1.96. The van der Waals surface area contributed by atoms with Crippen molar-refractivity contribution in [1.82, 2.24) is 5.32 Å². The minimum Gasteiger partial charge on any atom is -0.296 e. The van der Waals surface area contributed by atoms with Crippen molar-refractivity contribution in [2.75, 3.05) is 11.5 Å². The maximum Gasteiger partial charge on any atom is 0.116 e. The first kappa shape index (κ1) is 8.40. The Morgan fingerprint density at radius 3 is 2.83 bits per heavy atom. The van der Waals surface area contributed by atoms with E-state index in [0.717, 1.165) is 12.2 Å². The van der Waals surface area contributed by atoms with Crippen molar-refractivity contribution in [3.63, 3.8) is 0 Å². The zero-order valence-electron chi connectivity index (χ0n) is 7.18. The van der Waals surface area contributed by atoms with Crippen LogP contribution in [0.25, 0.3) is 0 Å². The van der Waals surface area contributed by atoms with Gasteiger partial charge < -0.3 is 0 Å². The molecule has 0 spiro atoms. The molecule has 2 rings (SSSR count). The minimum absolute atomic E-state index is 0.177. The fraction of sp³-hybridized carbons (Fsp3) is 0.889. The van der Waals surface area contributed by atoms with Crippen LogP contribution in [-0.2, 0) is 0 Å². The van der Waals surface area contributed by atoms with Gasteiger partial charge in [0.2, 0.25) is 0 Å². The van der Waals surface area contributed by atoms with Gasteiger partial charge in [-0.05, 0) is 31.4 Å². The second kappa shape index (κ2) is 3.27. The van der Waals surface area contributed by atoms with Crippen LogP contribution in [0.5, 0.6) is 0 Å². The Morgan fingerprint density at radius 1 is 1.50 bits per heavy atom. The summed E-state index contributed by atoms with van der Waals surface area (Å²) in [4.78, 5) is 0. The van der Waals surface area contributed by atoms with E-state index in [1.54, 1.807) is 0 Å². The van der Waals surface area contributed by atoms with Crippen LogP contribution in [0.1, 0.15) is 25.7 Å². The van der Waals surface area contributed by atoms with Crippen LogP contribution in [-0.4, -0.2) is 23.1 Å². The number of hydrogen-bond donors (Lipinski definition) is 1. The second-order valence-electron chi connectivity index (χ2n) is 3.77. The summed E-state index contributed by atoms with van der Waals surface area (Å²) in [5.74, 6) is 2.22. The van der Waals surface area contributed by atoms with E-state index in [4.69, 9.17) is 5.26 Å².